The third-order valence-corrected chi connectivity index (χ3v) is 5.24. The first-order valence-electron chi connectivity index (χ1n) is 9.07. The van der Waals surface area contributed by atoms with Crippen LogP contribution in [0.25, 0.3) is 0 Å². The highest BCUT2D eigenvalue weighted by atomic mass is 35.5. The molecular weight excluding hydrogens is 368 g/mol. The van der Waals surface area contributed by atoms with Gasteiger partial charge in [-0.1, -0.05) is 29.8 Å². The highest BCUT2D eigenvalue weighted by molar-refractivity contribution is 6.31. The van der Waals surface area contributed by atoms with Gasteiger partial charge in [0.15, 0.2) is 11.5 Å². The van der Waals surface area contributed by atoms with Crippen LogP contribution in [-0.2, 0) is 16.0 Å². The normalized spacial score (nSPS) is 21.9. The highest BCUT2D eigenvalue weighted by Crippen LogP contribution is 2.34. The molecule has 0 saturated carbocycles. The molecule has 0 spiro atoms. The van der Waals surface area contributed by atoms with Crippen LogP contribution in [0.3, 0.4) is 0 Å². The molecule has 2 aromatic rings. The zero-order chi connectivity index (χ0) is 18.8. The molecule has 0 aliphatic carbocycles. The van der Waals surface area contributed by atoms with Crippen molar-refractivity contribution in [3.05, 3.63) is 58.1 Å². The Bertz CT molecular complexity index is 850. The number of carbonyl (C=O) groups excluding carboxylic acids is 1. The molecule has 6 heteroatoms. The summed E-state index contributed by atoms with van der Waals surface area (Å²) in [6, 6.07) is 11.6. The van der Waals surface area contributed by atoms with Gasteiger partial charge in [-0.25, -0.2) is 0 Å². The lowest BCUT2D eigenvalue weighted by Crippen LogP contribution is -2.30. The Hall–Kier alpha value is -2.08. The Morgan fingerprint density at radius 2 is 1.85 bits per heavy atom. The maximum Gasteiger partial charge on any atom is 0.161 e. The van der Waals surface area contributed by atoms with E-state index in [1.807, 2.05) is 36.4 Å². The van der Waals surface area contributed by atoms with Crippen molar-refractivity contribution in [2.24, 2.45) is 0 Å². The number of aliphatic hydroxyl groups excluding tert-OH is 1. The van der Waals surface area contributed by atoms with Gasteiger partial charge in [-0.15, -0.1) is 0 Å². The Kier molecular flexibility index (Phi) is 5.34. The fourth-order valence-electron chi connectivity index (χ4n) is 3.52. The number of Topliss-reactive ketones (excluding diaryl/α,β-unsaturated/α-hetero) is 1. The molecule has 2 atom stereocenters. The van der Waals surface area contributed by atoms with Gasteiger partial charge in [0.1, 0.15) is 19.0 Å². The quantitative estimate of drug-likeness (QED) is 0.868. The number of hydrogen-bond acceptors (Lipinski definition) is 5. The van der Waals surface area contributed by atoms with E-state index in [2.05, 4.69) is 0 Å². The average Bonchev–Trinajstić information content (AvgIpc) is 2.69. The summed E-state index contributed by atoms with van der Waals surface area (Å²) in [4.78, 5) is 12.0. The number of ether oxygens (including phenoxy) is 3. The second-order valence-corrected chi connectivity index (χ2v) is 7.29. The molecule has 0 radical (unpaired) electrons. The second kappa shape index (κ2) is 7.89. The van der Waals surface area contributed by atoms with Gasteiger partial charge in [-0.05, 0) is 41.3 Å². The Labute approximate surface area is 162 Å². The van der Waals surface area contributed by atoms with Crippen LogP contribution in [0.2, 0.25) is 5.02 Å². The van der Waals surface area contributed by atoms with Crippen LogP contribution in [0.5, 0.6) is 11.5 Å². The fraction of sp³-hybridized carbons (Fsp3) is 0.381. The van der Waals surface area contributed by atoms with Gasteiger partial charge in [0, 0.05) is 17.9 Å². The molecule has 0 aromatic heterocycles. The topological polar surface area (TPSA) is 65.0 Å². The van der Waals surface area contributed by atoms with Crippen molar-refractivity contribution >= 4 is 17.4 Å². The lowest BCUT2D eigenvalue weighted by molar-refractivity contribution is -0.139. The minimum absolute atomic E-state index is 0.105. The molecular formula is C21H21ClO5. The monoisotopic (exact) mass is 388 g/mol. The predicted octanol–water partition coefficient (Wildman–Crippen LogP) is 3.48. The van der Waals surface area contributed by atoms with Crippen LogP contribution in [-0.4, -0.2) is 36.8 Å². The van der Waals surface area contributed by atoms with E-state index in [1.165, 1.54) is 0 Å². The number of carbonyl (C=O) groups is 1. The highest BCUT2D eigenvalue weighted by Gasteiger charge is 2.28. The number of halogens is 1. The Balaban J connectivity index is 1.56. The van der Waals surface area contributed by atoms with Gasteiger partial charge in [0.05, 0.1) is 18.8 Å². The maximum atomic E-state index is 12.0. The summed E-state index contributed by atoms with van der Waals surface area (Å²) < 4.78 is 17.1. The molecule has 2 unspecified atom stereocenters. The predicted molar refractivity (Wildman–Crippen MR) is 101 cm³/mol. The average molecular weight is 389 g/mol. The number of fused-ring (bicyclic) bond motifs is 1. The summed E-state index contributed by atoms with van der Waals surface area (Å²) in [6.07, 6.45) is 0.437. The van der Waals surface area contributed by atoms with Crippen LogP contribution >= 0.6 is 11.6 Å². The van der Waals surface area contributed by atoms with Crippen molar-refractivity contribution in [1.29, 1.82) is 0 Å². The van der Waals surface area contributed by atoms with Crippen molar-refractivity contribution in [2.75, 3.05) is 19.8 Å². The second-order valence-electron chi connectivity index (χ2n) is 6.88. The molecule has 5 nitrogen and oxygen atoms in total. The van der Waals surface area contributed by atoms with Crippen LogP contribution < -0.4 is 9.47 Å². The summed E-state index contributed by atoms with van der Waals surface area (Å²) in [5, 5.41) is 10.0. The third kappa shape index (κ3) is 4.10. The van der Waals surface area contributed by atoms with Gasteiger partial charge >= 0.3 is 0 Å². The van der Waals surface area contributed by atoms with E-state index in [-0.39, 0.29) is 24.9 Å². The summed E-state index contributed by atoms with van der Waals surface area (Å²) in [5.41, 5.74) is 2.92. The molecule has 27 heavy (non-hydrogen) atoms. The summed E-state index contributed by atoms with van der Waals surface area (Å²) in [5.74, 6) is 1.61. The number of rotatable bonds is 4. The molecule has 1 fully saturated rings. The van der Waals surface area contributed by atoms with Gasteiger partial charge in [-0.3, -0.25) is 4.79 Å². The molecule has 2 aromatic carbocycles. The molecule has 0 amide bonds. The largest absolute Gasteiger partial charge is 0.486 e. The van der Waals surface area contributed by atoms with Gasteiger partial charge in [0.2, 0.25) is 0 Å². The number of ketones is 1. The van der Waals surface area contributed by atoms with E-state index in [0.29, 0.717) is 31.1 Å². The van der Waals surface area contributed by atoms with Gasteiger partial charge in [-0.2, -0.15) is 0 Å². The minimum atomic E-state index is -0.437. The van der Waals surface area contributed by atoms with E-state index < -0.39 is 6.10 Å². The Morgan fingerprint density at radius 3 is 2.67 bits per heavy atom. The number of aliphatic hydroxyl groups is 1. The molecule has 142 valence electrons. The summed E-state index contributed by atoms with van der Waals surface area (Å²) >= 11 is 6.41. The third-order valence-electron chi connectivity index (χ3n) is 4.87. The first-order valence-corrected chi connectivity index (χ1v) is 9.45. The standard InChI is InChI=1S/C21H21ClO5/c22-18-3-2-14(20-11-16(24)10-17(12-23)27-20)9-15(18)7-13-1-4-19-21(8-13)26-6-5-25-19/h1-4,8-9,17,20,23H,5-7,10-12H2. The maximum absolute atomic E-state index is 12.0. The number of benzene rings is 2. The van der Waals surface area contributed by atoms with Crippen molar-refractivity contribution < 1.29 is 24.1 Å². The smallest absolute Gasteiger partial charge is 0.161 e. The van der Waals surface area contributed by atoms with Crippen molar-refractivity contribution in [2.45, 2.75) is 31.5 Å². The van der Waals surface area contributed by atoms with Crippen LogP contribution in [0, 0.1) is 0 Å². The van der Waals surface area contributed by atoms with Gasteiger partial charge < -0.3 is 19.3 Å². The van der Waals surface area contributed by atoms with Crippen molar-refractivity contribution in [3.63, 3.8) is 0 Å². The van der Waals surface area contributed by atoms with Crippen molar-refractivity contribution in [3.8, 4) is 11.5 Å². The van der Waals surface area contributed by atoms with E-state index in [0.717, 1.165) is 28.2 Å². The van der Waals surface area contributed by atoms with E-state index in [1.54, 1.807) is 0 Å². The van der Waals surface area contributed by atoms with Gasteiger partial charge in [0.25, 0.3) is 0 Å². The minimum Gasteiger partial charge on any atom is -0.486 e. The van der Waals surface area contributed by atoms with E-state index in [4.69, 9.17) is 25.8 Å². The van der Waals surface area contributed by atoms with E-state index >= 15 is 0 Å². The molecule has 2 aliphatic rings. The lowest BCUT2D eigenvalue weighted by atomic mass is 9.95. The van der Waals surface area contributed by atoms with Crippen LogP contribution in [0.1, 0.15) is 35.6 Å². The molecule has 2 aliphatic heterocycles. The fourth-order valence-corrected chi connectivity index (χ4v) is 3.71. The SMILES string of the molecule is O=C1CC(CO)OC(c2ccc(Cl)c(Cc3ccc4c(c3)OCCO4)c2)C1. The summed E-state index contributed by atoms with van der Waals surface area (Å²) in [6.45, 7) is 0.959. The zero-order valence-electron chi connectivity index (χ0n) is 14.8. The zero-order valence-corrected chi connectivity index (χ0v) is 15.6. The molecule has 4 rings (SSSR count). The van der Waals surface area contributed by atoms with Crippen LogP contribution in [0.4, 0.5) is 0 Å². The molecule has 2 heterocycles. The molecule has 1 N–H and O–H groups in total. The van der Waals surface area contributed by atoms with E-state index in [9.17, 15) is 9.90 Å². The molecule has 1 saturated heterocycles. The lowest BCUT2D eigenvalue weighted by Gasteiger charge is -2.28. The number of hydrogen-bond donors (Lipinski definition) is 1. The summed E-state index contributed by atoms with van der Waals surface area (Å²) in [7, 11) is 0. The molecule has 0 bridgehead atoms. The Morgan fingerprint density at radius 1 is 1.04 bits per heavy atom. The van der Waals surface area contributed by atoms with Crippen LogP contribution in [0.15, 0.2) is 36.4 Å². The first kappa shape index (κ1) is 18.3. The van der Waals surface area contributed by atoms with Crippen molar-refractivity contribution in [1.82, 2.24) is 0 Å². The first-order chi connectivity index (χ1) is 13.1.